The summed E-state index contributed by atoms with van der Waals surface area (Å²) in [6, 6.07) is 8.38. The highest BCUT2D eigenvalue weighted by Gasteiger charge is 2.17. The number of amides is 1. The molecule has 0 bridgehead atoms. The van der Waals surface area contributed by atoms with Gasteiger partial charge in [0.1, 0.15) is 0 Å². The van der Waals surface area contributed by atoms with Crippen LogP contribution in [0.3, 0.4) is 0 Å². The normalized spacial score (nSPS) is 15.7. The second kappa shape index (κ2) is 7.33. The van der Waals surface area contributed by atoms with Gasteiger partial charge in [0.2, 0.25) is 5.91 Å². The molecule has 0 spiro atoms. The summed E-state index contributed by atoms with van der Waals surface area (Å²) in [7, 11) is 0. The minimum atomic E-state index is -0.228. The lowest BCUT2D eigenvalue weighted by Gasteiger charge is -2.31. The topological polar surface area (TPSA) is 71.2 Å². The van der Waals surface area contributed by atoms with E-state index in [2.05, 4.69) is 46.0 Å². The molecule has 2 heterocycles. The number of thiol groups is 1. The highest BCUT2D eigenvalue weighted by Crippen LogP contribution is 2.29. The highest BCUT2D eigenvalue weighted by atomic mass is 32.1. The lowest BCUT2D eigenvalue weighted by atomic mass is 10.1. The zero-order valence-corrected chi connectivity index (χ0v) is 14.4. The van der Waals surface area contributed by atoms with Crippen molar-refractivity contribution in [1.82, 2.24) is 4.98 Å². The van der Waals surface area contributed by atoms with Gasteiger partial charge >= 0.3 is 0 Å². The minimum absolute atomic E-state index is 0.0362. The van der Waals surface area contributed by atoms with Crippen molar-refractivity contribution in [3.63, 3.8) is 0 Å². The van der Waals surface area contributed by atoms with Crippen LogP contribution >= 0.6 is 24.0 Å². The quantitative estimate of drug-likeness (QED) is 0.743. The second-order valence-electron chi connectivity index (χ2n) is 5.56. The summed E-state index contributed by atoms with van der Waals surface area (Å²) in [5, 5.41) is 5.73. The summed E-state index contributed by atoms with van der Waals surface area (Å²) in [5.74, 6) is -0.228. The molecule has 0 saturated carbocycles. The Labute approximate surface area is 145 Å². The Morgan fingerprint density at radius 1 is 1.43 bits per heavy atom. The molecule has 1 fully saturated rings. The summed E-state index contributed by atoms with van der Waals surface area (Å²) in [6.45, 7) is 2.03. The third kappa shape index (κ3) is 4.04. The average molecular weight is 348 g/mol. The van der Waals surface area contributed by atoms with Crippen LogP contribution in [-0.2, 0) is 4.79 Å². The van der Waals surface area contributed by atoms with E-state index in [0.717, 1.165) is 37.2 Å². The Hall–Kier alpha value is -1.57. The molecular weight excluding hydrogens is 328 g/mol. The first-order chi connectivity index (χ1) is 11.2. The van der Waals surface area contributed by atoms with Crippen molar-refractivity contribution in [2.24, 2.45) is 5.73 Å². The van der Waals surface area contributed by atoms with Crippen LogP contribution in [0.4, 0.5) is 10.8 Å². The number of carbonyl (C=O) groups excluding carboxylic acids is 1. The van der Waals surface area contributed by atoms with E-state index >= 15 is 0 Å². The molecule has 1 saturated heterocycles. The number of benzene rings is 1. The Morgan fingerprint density at radius 2 is 2.22 bits per heavy atom. The van der Waals surface area contributed by atoms with Crippen molar-refractivity contribution in [2.45, 2.75) is 18.1 Å². The molecule has 23 heavy (non-hydrogen) atoms. The molecule has 5 nitrogen and oxygen atoms in total. The fraction of sp³-hybridized carbons (Fsp3) is 0.375. The van der Waals surface area contributed by atoms with Crippen molar-refractivity contribution in [1.29, 1.82) is 0 Å². The van der Waals surface area contributed by atoms with Crippen molar-refractivity contribution >= 4 is 40.7 Å². The standard InChI is InChI=1S/C16H20N4OS2/c17-9-15(21)19-16-18-14(10-23-16)11-2-1-3-12(8-11)20-6-4-13(22)5-7-20/h1-3,8,10,13,22H,4-7,9,17H2,(H,18,19,21). The lowest BCUT2D eigenvalue weighted by Crippen LogP contribution is -2.33. The van der Waals surface area contributed by atoms with Crippen molar-refractivity contribution < 1.29 is 4.79 Å². The number of carbonyl (C=O) groups is 1. The van der Waals surface area contributed by atoms with Crippen molar-refractivity contribution in [3.05, 3.63) is 29.6 Å². The number of nitrogens with two attached hydrogens (primary N) is 1. The molecule has 122 valence electrons. The maximum absolute atomic E-state index is 11.3. The Bertz CT molecular complexity index is 680. The van der Waals surface area contributed by atoms with Crippen LogP contribution < -0.4 is 16.0 Å². The van der Waals surface area contributed by atoms with E-state index in [0.29, 0.717) is 10.4 Å². The number of rotatable bonds is 4. The number of hydrogen-bond acceptors (Lipinski definition) is 6. The van der Waals surface area contributed by atoms with Crippen LogP contribution in [0.15, 0.2) is 29.6 Å². The molecule has 0 aliphatic carbocycles. The van der Waals surface area contributed by atoms with Crippen LogP contribution in [0, 0.1) is 0 Å². The third-order valence-electron chi connectivity index (χ3n) is 3.91. The molecule has 1 aromatic heterocycles. The smallest absolute Gasteiger partial charge is 0.239 e. The molecule has 3 N–H and O–H groups in total. The van der Waals surface area contributed by atoms with Gasteiger partial charge in [-0.25, -0.2) is 4.98 Å². The predicted octanol–water partition coefficient (Wildman–Crippen LogP) is 2.61. The van der Waals surface area contributed by atoms with Crippen LogP contribution in [-0.4, -0.2) is 35.8 Å². The summed E-state index contributed by atoms with van der Waals surface area (Å²) >= 11 is 5.96. The van der Waals surface area contributed by atoms with Gasteiger partial charge in [0.15, 0.2) is 5.13 Å². The summed E-state index contributed by atoms with van der Waals surface area (Å²) < 4.78 is 0. The van der Waals surface area contributed by atoms with E-state index in [1.165, 1.54) is 17.0 Å². The van der Waals surface area contributed by atoms with Crippen LogP contribution in [0.2, 0.25) is 0 Å². The van der Waals surface area contributed by atoms with Gasteiger partial charge in [0.05, 0.1) is 12.2 Å². The number of nitrogens with zero attached hydrogens (tertiary/aromatic N) is 2. The fourth-order valence-corrected chi connectivity index (χ4v) is 3.59. The second-order valence-corrected chi connectivity index (χ2v) is 7.15. The molecule has 1 aliphatic rings. The van der Waals surface area contributed by atoms with Gasteiger partial charge in [-0.05, 0) is 25.0 Å². The Kier molecular flexibility index (Phi) is 5.20. The summed E-state index contributed by atoms with van der Waals surface area (Å²) in [5.41, 5.74) is 8.44. The summed E-state index contributed by atoms with van der Waals surface area (Å²) in [6.07, 6.45) is 2.22. The zero-order valence-electron chi connectivity index (χ0n) is 12.7. The van der Waals surface area contributed by atoms with Gasteiger partial charge in [0, 0.05) is 35.0 Å². The zero-order chi connectivity index (χ0) is 16.2. The minimum Gasteiger partial charge on any atom is -0.371 e. The van der Waals surface area contributed by atoms with E-state index in [4.69, 9.17) is 5.73 Å². The maximum Gasteiger partial charge on any atom is 0.239 e. The largest absolute Gasteiger partial charge is 0.371 e. The average Bonchev–Trinajstić information content (AvgIpc) is 3.04. The SMILES string of the molecule is NCC(=O)Nc1nc(-c2cccc(N3CCC(S)CC3)c2)cs1. The fourth-order valence-electron chi connectivity index (χ4n) is 2.62. The molecule has 1 aromatic carbocycles. The van der Waals surface area contributed by atoms with E-state index < -0.39 is 0 Å². The van der Waals surface area contributed by atoms with Gasteiger partial charge in [0.25, 0.3) is 0 Å². The van der Waals surface area contributed by atoms with E-state index in [1.807, 2.05) is 11.4 Å². The number of piperidine rings is 1. The Balaban J connectivity index is 1.76. The first-order valence-corrected chi connectivity index (χ1v) is 9.04. The van der Waals surface area contributed by atoms with E-state index in [9.17, 15) is 4.79 Å². The molecule has 1 amide bonds. The van der Waals surface area contributed by atoms with Crippen molar-refractivity contribution in [2.75, 3.05) is 29.9 Å². The molecule has 0 atom stereocenters. The van der Waals surface area contributed by atoms with Gasteiger partial charge < -0.3 is 16.0 Å². The molecule has 0 radical (unpaired) electrons. The molecule has 7 heteroatoms. The predicted molar refractivity (Wildman–Crippen MR) is 99.5 cm³/mol. The molecule has 3 rings (SSSR count). The Morgan fingerprint density at radius 3 is 2.96 bits per heavy atom. The van der Waals surface area contributed by atoms with E-state index in [1.54, 1.807) is 0 Å². The van der Waals surface area contributed by atoms with Gasteiger partial charge in [-0.2, -0.15) is 12.6 Å². The highest BCUT2D eigenvalue weighted by molar-refractivity contribution is 7.80. The van der Waals surface area contributed by atoms with Crippen LogP contribution in [0.5, 0.6) is 0 Å². The monoisotopic (exact) mass is 348 g/mol. The van der Waals surface area contributed by atoms with Gasteiger partial charge in [-0.1, -0.05) is 12.1 Å². The number of anilines is 2. The molecule has 2 aromatic rings. The number of aromatic nitrogens is 1. The van der Waals surface area contributed by atoms with E-state index in [-0.39, 0.29) is 12.5 Å². The van der Waals surface area contributed by atoms with Crippen LogP contribution in [0.25, 0.3) is 11.3 Å². The number of hydrogen-bond donors (Lipinski definition) is 3. The first-order valence-electron chi connectivity index (χ1n) is 7.64. The summed E-state index contributed by atoms with van der Waals surface area (Å²) in [4.78, 5) is 18.2. The first kappa shape index (κ1) is 16.3. The van der Waals surface area contributed by atoms with Gasteiger partial charge in [-0.3, -0.25) is 4.79 Å². The van der Waals surface area contributed by atoms with Crippen molar-refractivity contribution in [3.8, 4) is 11.3 Å². The maximum atomic E-state index is 11.3. The third-order valence-corrected chi connectivity index (χ3v) is 5.18. The number of thiazole rings is 1. The molecule has 0 unspecified atom stereocenters. The van der Waals surface area contributed by atoms with Gasteiger partial charge in [-0.15, -0.1) is 11.3 Å². The van der Waals surface area contributed by atoms with Crippen LogP contribution in [0.1, 0.15) is 12.8 Å². The molecular formula is C16H20N4OS2. The lowest BCUT2D eigenvalue weighted by molar-refractivity contribution is -0.114. The molecule has 1 aliphatic heterocycles. The number of nitrogens with one attached hydrogen (secondary N) is 1.